The Bertz CT molecular complexity index is 816. The maximum Gasteiger partial charge on any atom is 0.563 e. The summed E-state index contributed by atoms with van der Waals surface area (Å²) >= 11 is 0. The highest BCUT2D eigenvalue weighted by Gasteiger charge is 2.46. The first-order valence-corrected chi connectivity index (χ1v) is 11.8. The monoisotopic (exact) mass is 424 g/mol. The highest BCUT2D eigenvalue weighted by atomic mass is 31.2. The van der Waals surface area contributed by atoms with Crippen molar-refractivity contribution in [2.45, 2.75) is 77.7 Å². The molecule has 8 heteroatoms. The molecule has 1 aromatic carbocycles. The average Bonchev–Trinajstić information content (AvgIpc) is 2.67. The third kappa shape index (κ3) is 4.70. The third-order valence-electron chi connectivity index (χ3n) is 6.05. The molecule has 7 nitrogen and oxygen atoms in total. The second-order valence-electron chi connectivity index (χ2n) is 8.60. The van der Waals surface area contributed by atoms with E-state index in [0.717, 1.165) is 55.4 Å². The van der Waals surface area contributed by atoms with Gasteiger partial charge in [0.15, 0.2) is 0 Å². The molecule has 4 N–H and O–H groups in total. The normalized spacial score (nSPS) is 22.9. The van der Waals surface area contributed by atoms with Crippen LogP contribution in [0.5, 0.6) is 11.5 Å². The molecule has 0 fully saturated rings. The Labute approximate surface area is 173 Å². The van der Waals surface area contributed by atoms with E-state index in [0.29, 0.717) is 5.75 Å². The highest BCUT2D eigenvalue weighted by molar-refractivity contribution is 7.48. The van der Waals surface area contributed by atoms with Crippen LogP contribution >= 0.6 is 7.82 Å². The molecule has 0 unspecified atom stereocenters. The molecule has 0 spiro atoms. The summed E-state index contributed by atoms with van der Waals surface area (Å²) in [6.45, 7) is 8.56. The minimum absolute atomic E-state index is 0.0752. The summed E-state index contributed by atoms with van der Waals surface area (Å²) in [5, 5.41) is 0. The first-order valence-electron chi connectivity index (χ1n) is 10.3. The van der Waals surface area contributed by atoms with Crippen molar-refractivity contribution in [3.63, 3.8) is 0 Å². The molecule has 0 saturated heterocycles. The number of allylic oxidation sites excluding steroid dienone is 2. The Morgan fingerprint density at radius 2 is 1.97 bits per heavy atom. The van der Waals surface area contributed by atoms with Crippen molar-refractivity contribution in [2.75, 3.05) is 0 Å². The van der Waals surface area contributed by atoms with Crippen molar-refractivity contribution in [3.8, 4) is 11.5 Å². The van der Waals surface area contributed by atoms with Crippen LogP contribution in [-0.2, 0) is 20.2 Å². The van der Waals surface area contributed by atoms with E-state index < -0.39 is 7.82 Å². The van der Waals surface area contributed by atoms with E-state index in [1.54, 1.807) is 0 Å². The number of aryl methyl sites for hydroxylation is 1. The maximum atomic E-state index is 12.6. The van der Waals surface area contributed by atoms with Crippen LogP contribution in [0.1, 0.15) is 76.8 Å². The standard InChI is InChI=1S/C21H33N2O5P/c1-5-6-7-8-15-12-18-20(19(13-15)26-29(24,27-22)28-23)16-11-14(2)9-10-17(16)21(3,4)25-18/h11-13,16-17H,5-10,22-23H2,1-4H3/t16-,17-/m1/s1. The number of fused-ring (bicyclic) bond motifs is 3. The van der Waals surface area contributed by atoms with Crippen molar-refractivity contribution in [1.29, 1.82) is 0 Å². The first-order chi connectivity index (χ1) is 13.7. The van der Waals surface area contributed by atoms with E-state index in [1.165, 1.54) is 5.57 Å². The maximum absolute atomic E-state index is 12.6. The van der Waals surface area contributed by atoms with Crippen LogP contribution in [0.3, 0.4) is 0 Å². The van der Waals surface area contributed by atoms with Crippen LogP contribution in [0.2, 0.25) is 0 Å². The van der Waals surface area contributed by atoms with Crippen molar-refractivity contribution in [3.05, 3.63) is 34.9 Å². The predicted octanol–water partition coefficient (Wildman–Crippen LogP) is 5.30. The van der Waals surface area contributed by atoms with E-state index in [1.807, 2.05) is 6.07 Å². The minimum Gasteiger partial charge on any atom is -0.487 e. The zero-order valence-electron chi connectivity index (χ0n) is 17.8. The van der Waals surface area contributed by atoms with E-state index in [2.05, 4.69) is 49.1 Å². The number of nitrogens with two attached hydrogens (primary N) is 2. The molecule has 0 radical (unpaired) electrons. The molecule has 1 heterocycles. The Morgan fingerprint density at radius 1 is 1.24 bits per heavy atom. The summed E-state index contributed by atoms with van der Waals surface area (Å²) in [7, 11) is -4.12. The molecule has 29 heavy (non-hydrogen) atoms. The van der Waals surface area contributed by atoms with Gasteiger partial charge in [-0.2, -0.15) is 9.25 Å². The fourth-order valence-corrected chi connectivity index (χ4v) is 5.08. The van der Waals surface area contributed by atoms with Crippen molar-refractivity contribution >= 4 is 7.82 Å². The molecule has 1 aromatic rings. The van der Waals surface area contributed by atoms with Gasteiger partial charge >= 0.3 is 7.82 Å². The summed E-state index contributed by atoms with van der Waals surface area (Å²) in [4.78, 5) is 0. The van der Waals surface area contributed by atoms with Crippen LogP contribution in [0, 0.1) is 5.92 Å². The number of hydrogen-bond acceptors (Lipinski definition) is 7. The molecule has 1 aliphatic carbocycles. The summed E-state index contributed by atoms with van der Waals surface area (Å²) in [5.74, 6) is 11.8. The molecule has 0 bridgehead atoms. The highest BCUT2D eigenvalue weighted by Crippen LogP contribution is 2.56. The summed E-state index contributed by atoms with van der Waals surface area (Å²) in [6.07, 6.45) is 8.47. The van der Waals surface area contributed by atoms with Crippen LogP contribution < -0.4 is 21.1 Å². The largest absolute Gasteiger partial charge is 0.563 e. The number of ether oxygens (including phenoxy) is 1. The van der Waals surface area contributed by atoms with Crippen molar-refractivity contribution in [2.24, 2.45) is 17.7 Å². The zero-order chi connectivity index (χ0) is 21.2. The smallest absolute Gasteiger partial charge is 0.487 e. The Hall–Kier alpha value is -1.37. The Balaban J connectivity index is 2.12. The number of hydrogen-bond donors (Lipinski definition) is 2. The van der Waals surface area contributed by atoms with Crippen LogP contribution in [0.4, 0.5) is 0 Å². The van der Waals surface area contributed by atoms with E-state index in [9.17, 15) is 4.57 Å². The van der Waals surface area contributed by atoms with Gasteiger partial charge in [-0.3, -0.25) is 0 Å². The average molecular weight is 424 g/mol. The van der Waals surface area contributed by atoms with Crippen LogP contribution in [-0.4, -0.2) is 5.60 Å². The predicted molar refractivity (Wildman–Crippen MR) is 112 cm³/mol. The Kier molecular flexibility index (Phi) is 6.76. The Morgan fingerprint density at radius 3 is 2.62 bits per heavy atom. The molecule has 2 aliphatic rings. The van der Waals surface area contributed by atoms with Gasteiger partial charge in [0.25, 0.3) is 0 Å². The van der Waals surface area contributed by atoms with E-state index >= 15 is 0 Å². The lowest BCUT2D eigenvalue weighted by molar-refractivity contribution is 0.0108. The zero-order valence-corrected chi connectivity index (χ0v) is 18.7. The lowest BCUT2D eigenvalue weighted by Gasteiger charge is -2.46. The molecule has 162 valence electrons. The molecule has 0 saturated carbocycles. The number of phosphoric acid groups is 1. The van der Waals surface area contributed by atoms with Gasteiger partial charge in [-0.15, -0.1) is 0 Å². The number of unbranched alkanes of at least 4 members (excludes halogenated alkanes) is 2. The van der Waals surface area contributed by atoms with Gasteiger partial charge in [0, 0.05) is 17.4 Å². The van der Waals surface area contributed by atoms with Gasteiger partial charge < -0.3 is 9.26 Å². The fourth-order valence-electron chi connectivity index (χ4n) is 4.55. The molecule has 2 atom stereocenters. The van der Waals surface area contributed by atoms with Gasteiger partial charge in [0.1, 0.15) is 17.1 Å². The van der Waals surface area contributed by atoms with Gasteiger partial charge in [-0.25, -0.2) is 16.4 Å². The topological polar surface area (TPSA) is 106 Å². The molecule has 3 rings (SSSR count). The quantitative estimate of drug-likeness (QED) is 0.252. The van der Waals surface area contributed by atoms with Crippen LogP contribution in [0.25, 0.3) is 0 Å². The van der Waals surface area contributed by atoms with Gasteiger partial charge in [-0.1, -0.05) is 31.4 Å². The summed E-state index contributed by atoms with van der Waals surface area (Å²) in [5.41, 5.74) is 2.88. The fraction of sp³-hybridized carbons (Fsp3) is 0.619. The van der Waals surface area contributed by atoms with Gasteiger partial charge in [0.05, 0.1) is 0 Å². The lowest BCUT2D eigenvalue weighted by Crippen LogP contribution is -2.45. The second kappa shape index (κ2) is 8.78. The molecule has 0 amide bonds. The SMILES string of the molecule is CCCCCc1cc2c(c(OP(=O)(ON)ON)c1)[C@@H]1C=C(C)CC[C@H]1C(C)(C)O2. The van der Waals surface area contributed by atoms with E-state index in [-0.39, 0.29) is 17.4 Å². The molecular formula is C21H33N2O5P. The first kappa shape index (κ1) is 22.3. The van der Waals surface area contributed by atoms with Gasteiger partial charge in [0.2, 0.25) is 0 Å². The van der Waals surface area contributed by atoms with Crippen molar-refractivity contribution < 1.29 is 23.1 Å². The minimum atomic E-state index is -4.12. The summed E-state index contributed by atoms with van der Waals surface area (Å²) < 4.78 is 33.6. The molecular weight excluding hydrogens is 391 g/mol. The van der Waals surface area contributed by atoms with Crippen molar-refractivity contribution in [1.82, 2.24) is 0 Å². The molecule has 0 aromatic heterocycles. The number of rotatable bonds is 8. The van der Waals surface area contributed by atoms with Gasteiger partial charge in [-0.05, 0) is 64.2 Å². The lowest BCUT2D eigenvalue weighted by atomic mass is 9.68. The molecule has 1 aliphatic heterocycles. The second-order valence-corrected chi connectivity index (χ2v) is 10.1. The third-order valence-corrected chi connectivity index (χ3v) is 6.98. The number of benzene rings is 1. The summed E-state index contributed by atoms with van der Waals surface area (Å²) in [6, 6.07) is 3.96. The van der Waals surface area contributed by atoms with Crippen LogP contribution in [0.15, 0.2) is 23.8 Å². The van der Waals surface area contributed by atoms with E-state index in [4.69, 9.17) is 21.1 Å².